The van der Waals surface area contributed by atoms with Crippen molar-refractivity contribution < 1.29 is 14.3 Å². The fourth-order valence-corrected chi connectivity index (χ4v) is 0.741. The molecule has 0 fully saturated rings. The highest BCUT2D eigenvalue weighted by molar-refractivity contribution is 5.78. The fraction of sp³-hybridized carbons (Fsp3) is 0.556. The van der Waals surface area contributed by atoms with Crippen molar-refractivity contribution in [1.82, 2.24) is 0 Å². The summed E-state index contributed by atoms with van der Waals surface area (Å²) in [4.78, 5) is 20.8. The molecule has 0 unspecified atom stereocenters. The Labute approximate surface area is 72.4 Å². The summed E-state index contributed by atoms with van der Waals surface area (Å²) in [5.74, 6) is -0.489. The number of aldehydes is 1. The van der Waals surface area contributed by atoms with Crippen LogP contribution in [0.1, 0.15) is 32.6 Å². The largest absolute Gasteiger partial charge is 0.424 e. The lowest BCUT2D eigenvalue weighted by molar-refractivity contribution is -0.141. The minimum absolute atomic E-state index is 0.114. The third-order valence-electron chi connectivity index (χ3n) is 1.36. The van der Waals surface area contributed by atoms with Gasteiger partial charge >= 0.3 is 5.97 Å². The summed E-state index contributed by atoms with van der Waals surface area (Å²) in [6.07, 6.45) is 3.66. The lowest BCUT2D eigenvalue weighted by Gasteiger charge is -2.00. The van der Waals surface area contributed by atoms with E-state index in [9.17, 15) is 9.59 Å². The van der Waals surface area contributed by atoms with Crippen LogP contribution in [0, 0.1) is 0 Å². The van der Waals surface area contributed by atoms with E-state index in [1.807, 2.05) is 0 Å². The number of rotatable bonds is 6. The molecule has 0 saturated carbocycles. The predicted octanol–water partition coefficient (Wildman–Crippen LogP) is 1.82. The first-order valence-electron chi connectivity index (χ1n) is 4.05. The molecule has 0 radical (unpaired) electrons. The Kier molecular flexibility index (Phi) is 5.97. The molecule has 0 aliphatic rings. The first kappa shape index (κ1) is 10.9. The van der Waals surface area contributed by atoms with Gasteiger partial charge in [0.15, 0.2) is 12.0 Å². The van der Waals surface area contributed by atoms with Crippen molar-refractivity contribution in [2.45, 2.75) is 32.6 Å². The van der Waals surface area contributed by atoms with Crippen molar-refractivity contribution in [3.05, 3.63) is 12.3 Å². The van der Waals surface area contributed by atoms with Crippen LogP contribution in [0.5, 0.6) is 0 Å². The molecule has 0 rings (SSSR count). The molecule has 0 atom stereocenters. The highest BCUT2D eigenvalue weighted by Crippen LogP contribution is 2.02. The predicted molar refractivity (Wildman–Crippen MR) is 45.4 cm³/mol. The number of hydrogen-bond acceptors (Lipinski definition) is 3. The monoisotopic (exact) mass is 170 g/mol. The third kappa shape index (κ3) is 5.65. The Morgan fingerprint density at radius 1 is 1.50 bits per heavy atom. The van der Waals surface area contributed by atoms with Crippen molar-refractivity contribution in [2.75, 3.05) is 0 Å². The molecule has 3 heteroatoms. The van der Waals surface area contributed by atoms with Gasteiger partial charge in [0, 0.05) is 6.42 Å². The Morgan fingerprint density at radius 2 is 2.17 bits per heavy atom. The number of carbonyl (C=O) groups is 2. The SMILES string of the molecule is C=C(C=O)OC(=O)CCCCC. The third-order valence-corrected chi connectivity index (χ3v) is 1.36. The number of allylic oxidation sites excluding steroid dienone is 1. The maximum atomic E-state index is 10.8. The standard InChI is InChI=1S/C9H14O3/c1-3-4-5-6-9(11)12-8(2)7-10/h7H,2-6H2,1H3. The van der Waals surface area contributed by atoms with Gasteiger partial charge in [-0.2, -0.15) is 0 Å². The molecule has 0 aromatic rings. The molecular formula is C9H14O3. The number of esters is 1. The first-order chi connectivity index (χ1) is 5.70. The van der Waals surface area contributed by atoms with Crippen LogP contribution in [0.25, 0.3) is 0 Å². The topological polar surface area (TPSA) is 43.4 Å². The van der Waals surface area contributed by atoms with Crippen LogP contribution >= 0.6 is 0 Å². The molecule has 0 aromatic heterocycles. The molecule has 0 heterocycles. The second-order valence-corrected chi connectivity index (χ2v) is 2.52. The molecule has 0 saturated heterocycles. The second-order valence-electron chi connectivity index (χ2n) is 2.52. The molecule has 3 nitrogen and oxygen atoms in total. The maximum Gasteiger partial charge on any atom is 0.311 e. The highest BCUT2D eigenvalue weighted by atomic mass is 16.5. The van der Waals surface area contributed by atoms with Gasteiger partial charge in [-0.05, 0) is 6.42 Å². The molecule has 0 bridgehead atoms. The van der Waals surface area contributed by atoms with Gasteiger partial charge in [-0.3, -0.25) is 9.59 Å². The van der Waals surface area contributed by atoms with Gasteiger partial charge in [-0.1, -0.05) is 26.3 Å². The molecule has 0 amide bonds. The van der Waals surface area contributed by atoms with Crippen molar-refractivity contribution in [3.8, 4) is 0 Å². The van der Waals surface area contributed by atoms with Gasteiger partial charge in [0.05, 0.1) is 0 Å². The molecule has 0 aromatic carbocycles. The zero-order valence-corrected chi connectivity index (χ0v) is 7.34. The lowest BCUT2D eigenvalue weighted by atomic mass is 10.2. The minimum atomic E-state index is -0.374. The Morgan fingerprint density at radius 3 is 2.67 bits per heavy atom. The molecule has 0 aliphatic carbocycles. The van der Waals surface area contributed by atoms with E-state index in [0.29, 0.717) is 12.7 Å². The summed E-state index contributed by atoms with van der Waals surface area (Å²) in [6, 6.07) is 0. The van der Waals surface area contributed by atoms with Crippen LogP contribution in [0.2, 0.25) is 0 Å². The summed E-state index contributed by atoms with van der Waals surface area (Å²) in [6.45, 7) is 5.28. The highest BCUT2D eigenvalue weighted by Gasteiger charge is 2.03. The summed E-state index contributed by atoms with van der Waals surface area (Å²) >= 11 is 0. The van der Waals surface area contributed by atoms with Gasteiger partial charge in [0.2, 0.25) is 0 Å². The first-order valence-corrected chi connectivity index (χ1v) is 4.05. The maximum absolute atomic E-state index is 10.8. The van der Waals surface area contributed by atoms with Crippen molar-refractivity contribution in [1.29, 1.82) is 0 Å². The lowest BCUT2D eigenvalue weighted by Crippen LogP contribution is -2.03. The Bertz CT molecular complexity index is 173. The number of ether oxygens (including phenoxy) is 1. The molecular weight excluding hydrogens is 156 g/mol. The van der Waals surface area contributed by atoms with E-state index in [1.54, 1.807) is 0 Å². The van der Waals surface area contributed by atoms with Crippen molar-refractivity contribution in [2.24, 2.45) is 0 Å². The number of carbonyl (C=O) groups excluding carboxylic acids is 2. The van der Waals surface area contributed by atoms with Gasteiger partial charge in [0.1, 0.15) is 0 Å². The van der Waals surface area contributed by atoms with E-state index in [1.165, 1.54) is 0 Å². The smallest absolute Gasteiger partial charge is 0.311 e. The van der Waals surface area contributed by atoms with E-state index in [0.717, 1.165) is 19.3 Å². The van der Waals surface area contributed by atoms with Crippen molar-refractivity contribution >= 4 is 12.3 Å². The molecule has 68 valence electrons. The molecule has 0 N–H and O–H groups in total. The van der Waals surface area contributed by atoms with Crippen molar-refractivity contribution in [3.63, 3.8) is 0 Å². The van der Waals surface area contributed by atoms with Crippen LogP contribution in [-0.2, 0) is 14.3 Å². The van der Waals surface area contributed by atoms with E-state index in [-0.39, 0.29) is 11.7 Å². The summed E-state index contributed by atoms with van der Waals surface area (Å²) in [5.41, 5.74) is 0. The van der Waals surface area contributed by atoms with Gasteiger partial charge in [0.25, 0.3) is 0 Å². The van der Waals surface area contributed by atoms with Crippen LogP contribution in [-0.4, -0.2) is 12.3 Å². The van der Waals surface area contributed by atoms with Crippen LogP contribution in [0.4, 0.5) is 0 Å². The van der Waals surface area contributed by atoms with E-state index in [2.05, 4.69) is 18.2 Å². The Balaban J connectivity index is 3.46. The van der Waals surface area contributed by atoms with Gasteiger partial charge < -0.3 is 4.74 Å². The molecule has 0 spiro atoms. The second kappa shape index (κ2) is 6.58. The quantitative estimate of drug-likeness (QED) is 0.201. The van der Waals surface area contributed by atoms with Crippen LogP contribution in [0.3, 0.4) is 0 Å². The summed E-state index contributed by atoms with van der Waals surface area (Å²) in [5, 5.41) is 0. The average Bonchev–Trinajstić information content (AvgIpc) is 2.05. The average molecular weight is 170 g/mol. The summed E-state index contributed by atoms with van der Waals surface area (Å²) in [7, 11) is 0. The zero-order chi connectivity index (χ0) is 9.40. The van der Waals surface area contributed by atoms with E-state index in [4.69, 9.17) is 0 Å². The fourth-order valence-electron chi connectivity index (χ4n) is 0.741. The minimum Gasteiger partial charge on any atom is -0.424 e. The number of hydrogen-bond donors (Lipinski definition) is 0. The van der Waals surface area contributed by atoms with Crippen LogP contribution < -0.4 is 0 Å². The van der Waals surface area contributed by atoms with Gasteiger partial charge in [-0.25, -0.2) is 0 Å². The Hall–Kier alpha value is -1.12. The van der Waals surface area contributed by atoms with Gasteiger partial charge in [-0.15, -0.1) is 0 Å². The number of unbranched alkanes of at least 4 members (excludes halogenated alkanes) is 2. The normalized spacial score (nSPS) is 9.08. The van der Waals surface area contributed by atoms with E-state index < -0.39 is 0 Å². The molecule has 0 aliphatic heterocycles. The zero-order valence-electron chi connectivity index (χ0n) is 7.34. The van der Waals surface area contributed by atoms with E-state index >= 15 is 0 Å². The van der Waals surface area contributed by atoms with Crippen LogP contribution in [0.15, 0.2) is 12.3 Å². The molecule has 12 heavy (non-hydrogen) atoms. The summed E-state index contributed by atoms with van der Waals surface area (Å²) < 4.78 is 4.54.